The number of carbonyl (C=O) groups is 1. The molecule has 0 spiro atoms. The molecule has 20 heavy (non-hydrogen) atoms. The summed E-state index contributed by atoms with van der Waals surface area (Å²) >= 11 is 1.16. The van der Waals surface area contributed by atoms with E-state index in [9.17, 15) is 14.3 Å². The van der Waals surface area contributed by atoms with Gasteiger partial charge in [-0.1, -0.05) is 6.07 Å². The highest BCUT2D eigenvalue weighted by Gasteiger charge is 2.30. The van der Waals surface area contributed by atoms with Crippen LogP contribution in [-0.4, -0.2) is 35.1 Å². The lowest BCUT2D eigenvalue weighted by molar-refractivity contribution is 0.0479. The van der Waals surface area contributed by atoms with Crippen LogP contribution >= 0.6 is 11.3 Å². The number of rotatable bonds is 3. The zero-order valence-electron chi connectivity index (χ0n) is 11.6. The van der Waals surface area contributed by atoms with Gasteiger partial charge in [0.2, 0.25) is 0 Å². The number of hydrogen-bond donors (Lipinski definition) is 2. The Labute approximate surface area is 120 Å². The van der Waals surface area contributed by atoms with E-state index in [1.54, 1.807) is 33.0 Å². The van der Waals surface area contributed by atoms with E-state index in [4.69, 9.17) is 5.73 Å². The third kappa shape index (κ3) is 2.25. The first kappa shape index (κ1) is 14.7. The lowest BCUT2D eigenvalue weighted by atomic mass is 10.0. The van der Waals surface area contributed by atoms with Crippen LogP contribution in [0.4, 0.5) is 10.1 Å². The highest BCUT2D eigenvalue weighted by Crippen LogP contribution is 2.36. The molecule has 0 aliphatic rings. The first-order chi connectivity index (χ1) is 9.29. The third-order valence-electron chi connectivity index (χ3n) is 3.50. The predicted molar refractivity (Wildman–Crippen MR) is 79.5 cm³/mol. The van der Waals surface area contributed by atoms with Gasteiger partial charge in [-0.15, -0.1) is 11.3 Å². The molecule has 2 rings (SSSR count). The summed E-state index contributed by atoms with van der Waals surface area (Å²) in [4.78, 5) is 14.2. The molecule has 108 valence electrons. The smallest absolute Gasteiger partial charge is 0.266 e. The number of thiophene rings is 1. The van der Waals surface area contributed by atoms with Crippen molar-refractivity contribution in [3.63, 3.8) is 0 Å². The number of amides is 1. The average Bonchev–Trinajstić information content (AvgIpc) is 2.75. The van der Waals surface area contributed by atoms with Crippen molar-refractivity contribution >= 4 is 33.0 Å². The van der Waals surface area contributed by atoms with Crippen molar-refractivity contribution < 1.29 is 14.3 Å². The van der Waals surface area contributed by atoms with Crippen LogP contribution in [0.3, 0.4) is 0 Å². The molecule has 1 aromatic heterocycles. The summed E-state index contributed by atoms with van der Waals surface area (Å²) in [5.74, 6) is -0.749. The molecule has 0 radical (unpaired) electrons. The molecule has 1 aromatic carbocycles. The number of nitrogens with two attached hydrogens (primary N) is 1. The average molecular weight is 296 g/mol. The second kappa shape index (κ2) is 5.03. The lowest BCUT2D eigenvalue weighted by Gasteiger charge is -2.33. The van der Waals surface area contributed by atoms with Crippen molar-refractivity contribution in [2.75, 3.05) is 19.4 Å². The standard InChI is InChI=1S/C14H17FN2O2S/c1-14(2,7-18)17(3)13(19)12-11(16)10-8(15)5-4-6-9(10)20-12/h4-6,18H,7,16H2,1-3H3. The molecule has 0 aliphatic heterocycles. The summed E-state index contributed by atoms with van der Waals surface area (Å²) in [6.07, 6.45) is 0. The van der Waals surface area contributed by atoms with Gasteiger partial charge in [0, 0.05) is 11.7 Å². The van der Waals surface area contributed by atoms with Gasteiger partial charge in [0.05, 0.1) is 23.2 Å². The van der Waals surface area contributed by atoms with E-state index in [1.807, 2.05) is 0 Å². The number of nitrogens with zero attached hydrogens (tertiary/aromatic N) is 1. The zero-order chi connectivity index (χ0) is 15.1. The monoisotopic (exact) mass is 296 g/mol. The number of fused-ring (bicyclic) bond motifs is 1. The molecule has 2 aromatic rings. The van der Waals surface area contributed by atoms with Crippen LogP contribution in [0, 0.1) is 5.82 Å². The summed E-state index contributed by atoms with van der Waals surface area (Å²) in [7, 11) is 1.60. The normalized spacial score (nSPS) is 11.8. The molecule has 0 fully saturated rings. The van der Waals surface area contributed by atoms with E-state index in [1.165, 1.54) is 11.0 Å². The Hall–Kier alpha value is -1.66. The predicted octanol–water partition coefficient (Wildman–Crippen LogP) is 2.47. The SMILES string of the molecule is CN(C(=O)c1sc2cccc(F)c2c1N)C(C)(C)CO. The molecular weight excluding hydrogens is 279 g/mol. The summed E-state index contributed by atoms with van der Waals surface area (Å²) in [6.45, 7) is 3.32. The van der Waals surface area contributed by atoms with Crippen molar-refractivity contribution in [1.29, 1.82) is 0 Å². The van der Waals surface area contributed by atoms with Crippen LogP contribution in [-0.2, 0) is 0 Å². The lowest BCUT2D eigenvalue weighted by Crippen LogP contribution is -2.47. The molecule has 6 heteroatoms. The number of halogens is 1. The molecule has 0 saturated carbocycles. The summed E-state index contributed by atoms with van der Waals surface area (Å²) < 4.78 is 14.4. The first-order valence-corrected chi connectivity index (χ1v) is 6.96. The zero-order valence-corrected chi connectivity index (χ0v) is 12.4. The van der Waals surface area contributed by atoms with Gasteiger partial charge < -0.3 is 15.7 Å². The van der Waals surface area contributed by atoms with E-state index in [0.717, 1.165) is 11.3 Å². The summed E-state index contributed by atoms with van der Waals surface area (Å²) in [6, 6.07) is 4.64. The fourth-order valence-electron chi connectivity index (χ4n) is 1.82. The van der Waals surface area contributed by atoms with Crippen molar-refractivity contribution in [2.24, 2.45) is 0 Å². The molecule has 4 nitrogen and oxygen atoms in total. The van der Waals surface area contributed by atoms with Crippen LogP contribution in [0.15, 0.2) is 18.2 Å². The maximum Gasteiger partial charge on any atom is 0.266 e. The molecular formula is C14H17FN2O2S. The van der Waals surface area contributed by atoms with Crippen LogP contribution in [0.25, 0.3) is 10.1 Å². The van der Waals surface area contributed by atoms with E-state index < -0.39 is 11.4 Å². The molecule has 0 atom stereocenters. The first-order valence-electron chi connectivity index (χ1n) is 6.15. The fraction of sp³-hybridized carbons (Fsp3) is 0.357. The maximum atomic E-state index is 13.8. The van der Waals surface area contributed by atoms with E-state index in [2.05, 4.69) is 0 Å². The second-order valence-electron chi connectivity index (χ2n) is 5.29. The van der Waals surface area contributed by atoms with Crippen molar-refractivity contribution in [3.05, 3.63) is 28.9 Å². The topological polar surface area (TPSA) is 66.6 Å². The van der Waals surface area contributed by atoms with Gasteiger partial charge in [-0.25, -0.2) is 4.39 Å². The van der Waals surface area contributed by atoms with Gasteiger partial charge in [-0.2, -0.15) is 0 Å². The summed E-state index contributed by atoms with van der Waals surface area (Å²) in [5, 5.41) is 9.62. The molecule has 1 amide bonds. The van der Waals surface area contributed by atoms with Crippen molar-refractivity contribution in [1.82, 2.24) is 4.90 Å². The number of aliphatic hydroxyl groups excluding tert-OH is 1. The van der Waals surface area contributed by atoms with Gasteiger partial charge in [0.1, 0.15) is 10.7 Å². The minimum absolute atomic E-state index is 0.161. The molecule has 0 aliphatic carbocycles. The number of carbonyl (C=O) groups excluding carboxylic acids is 1. The summed E-state index contributed by atoms with van der Waals surface area (Å²) in [5.41, 5.74) is 5.37. The number of hydrogen-bond acceptors (Lipinski definition) is 4. The Morgan fingerprint density at radius 2 is 2.15 bits per heavy atom. The largest absolute Gasteiger partial charge is 0.397 e. The van der Waals surface area contributed by atoms with E-state index in [0.29, 0.717) is 9.58 Å². The van der Waals surface area contributed by atoms with Gasteiger partial charge in [-0.3, -0.25) is 4.79 Å². The Morgan fingerprint density at radius 1 is 1.50 bits per heavy atom. The van der Waals surface area contributed by atoms with Gasteiger partial charge >= 0.3 is 0 Å². The highest BCUT2D eigenvalue weighted by atomic mass is 32.1. The quantitative estimate of drug-likeness (QED) is 0.914. The third-order valence-corrected chi connectivity index (χ3v) is 4.65. The number of nitrogen functional groups attached to an aromatic ring is 1. The van der Waals surface area contributed by atoms with E-state index in [-0.39, 0.29) is 23.6 Å². The number of aliphatic hydroxyl groups is 1. The van der Waals surface area contributed by atoms with Crippen molar-refractivity contribution in [2.45, 2.75) is 19.4 Å². The Bertz CT molecular complexity index is 666. The Balaban J connectivity index is 2.51. The fourth-order valence-corrected chi connectivity index (χ4v) is 2.93. The van der Waals surface area contributed by atoms with Crippen LogP contribution < -0.4 is 5.73 Å². The molecule has 0 bridgehead atoms. The second-order valence-corrected chi connectivity index (χ2v) is 6.34. The van der Waals surface area contributed by atoms with Crippen molar-refractivity contribution in [3.8, 4) is 0 Å². The maximum absolute atomic E-state index is 13.8. The van der Waals surface area contributed by atoms with Crippen LogP contribution in [0.5, 0.6) is 0 Å². The molecule has 0 unspecified atom stereocenters. The van der Waals surface area contributed by atoms with Gasteiger partial charge in [0.25, 0.3) is 5.91 Å². The molecule has 0 saturated heterocycles. The number of anilines is 1. The molecule has 3 N–H and O–H groups in total. The minimum atomic E-state index is -0.710. The van der Waals surface area contributed by atoms with Crippen LogP contribution in [0.1, 0.15) is 23.5 Å². The number of benzene rings is 1. The van der Waals surface area contributed by atoms with Crippen LogP contribution in [0.2, 0.25) is 0 Å². The highest BCUT2D eigenvalue weighted by molar-refractivity contribution is 7.21. The number of likely N-dealkylation sites (N-methyl/N-ethyl adjacent to an activating group) is 1. The minimum Gasteiger partial charge on any atom is -0.397 e. The van der Waals surface area contributed by atoms with Gasteiger partial charge in [0.15, 0.2) is 0 Å². The van der Waals surface area contributed by atoms with E-state index >= 15 is 0 Å². The Morgan fingerprint density at radius 3 is 2.70 bits per heavy atom. The molecule has 1 heterocycles. The van der Waals surface area contributed by atoms with Gasteiger partial charge in [-0.05, 0) is 26.0 Å². The Kier molecular flexibility index (Phi) is 3.71.